The Morgan fingerprint density at radius 2 is 1.71 bits per heavy atom. The molecule has 0 heterocycles. The fourth-order valence-electron chi connectivity index (χ4n) is 2.69. The number of nitrogens with zero attached hydrogens (tertiary/aromatic N) is 2. The quantitative estimate of drug-likeness (QED) is 0.372. The molecule has 0 aliphatic rings. The molecule has 164 valence electrons. The Bertz CT molecular complexity index is 923. The minimum atomic E-state index is -0.326. The zero-order chi connectivity index (χ0) is 22.6. The van der Waals surface area contributed by atoms with E-state index in [1.54, 1.807) is 30.5 Å². The van der Waals surface area contributed by atoms with E-state index in [0.717, 1.165) is 11.3 Å². The minimum Gasteiger partial charge on any atom is -0.395 e. The Morgan fingerprint density at radius 3 is 2.39 bits per heavy atom. The molecule has 31 heavy (non-hydrogen) atoms. The van der Waals surface area contributed by atoms with Crippen molar-refractivity contribution in [2.24, 2.45) is 4.99 Å². The van der Waals surface area contributed by atoms with Gasteiger partial charge in [0.1, 0.15) is 6.54 Å². The molecule has 0 saturated carbocycles. The van der Waals surface area contributed by atoms with Crippen molar-refractivity contribution >= 4 is 29.5 Å². The van der Waals surface area contributed by atoms with Crippen LogP contribution in [0.2, 0.25) is 0 Å². The number of carbonyl (C=O) groups excluding carboxylic acids is 3. The van der Waals surface area contributed by atoms with E-state index in [0.29, 0.717) is 11.1 Å². The lowest BCUT2D eigenvalue weighted by Gasteiger charge is -2.12. The molecule has 0 saturated heterocycles. The predicted molar refractivity (Wildman–Crippen MR) is 121 cm³/mol. The Hall–Kier alpha value is -3.52. The van der Waals surface area contributed by atoms with Gasteiger partial charge in [0.2, 0.25) is 5.91 Å². The summed E-state index contributed by atoms with van der Waals surface area (Å²) in [5.41, 5.74) is 2.83. The number of anilines is 1. The van der Waals surface area contributed by atoms with Gasteiger partial charge in [-0.05, 0) is 29.8 Å². The van der Waals surface area contributed by atoms with Gasteiger partial charge in [-0.25, -0.2) is 0 Å². The topological polar surface area (TPSA) is 111 Å². The number of aliphatic imine (C=N–C) groups is 1. The lowest BCUT2D eigenvalue weighted by atomic mass is 10.1. The number of ketones is 1. The zero-order valence-electron chi connectivity index (χ0n) is 17.8. The van der Waals surface area contributed by atoms with Crippen LogP contribution in [0.5, 0.6) is 0 Å². The fraction of sp³-hybridized carbons (Fsp3) is 0.304. The predicted octanol–water partition coefficient (Wildman–Crippen LogP) is 1.28. The fourth-order valence-corrected chi connectivity index (χ4v) is 2.69. The van der Waals surface area contributed by atoms with Crippen LogP contribution in [0.3, 0.4) is 0 Å². The minimum absolute atomic E-state index is 0.0146. The van der Waals surface area contributed by atoms with E-state index < -0.39 is 0 Å². The van der Waals surface area contributed by atoms with Gasteiger partial charge in [0.15, 0.2) is 5.78 Å². The summed E-state index contributed by atoms with van der Waals surface area (Å²) in [4.78, 5) is 42.1. The van der Waals surface area contributed by atoms with E-state index in [9.17, 15) is 14.4 Å². The van der Waals surface area contributed by atoms with Gasteiger partial charge in [-0.15, -0.1) is 0 Å². The molecule has 0 aliphatic carbocycles. The number of rotatable bonds is 11. The molecule has 0 atom stereocenters. The molecule has 2 amide bonds. The number of nitrogens with one attached hydrogen (secondary N) is 2. The highest BCUT2D eigenvalue weighted by atomic mass is 16.3. The number of aliphatic hydroxyl groups excluding tert-OH is 1. The second-order valence-corrected chi connectivity index (χ2v) is 7.04. The van der Waals surface area contributed by atoms with Crippen molar-refractivity contribution in [3.05, 3.63) is 65.2 Å². The average Bonchev–Trinajstić information content (AvgIpc) is 2.77. The molecule has 0 bridgehead atoms. The number of Topliss-reactive ketones (excluding diaryl/α,β-unsaturated/α-hetero) is 1. The second kappa shape index (κ2) is 12.2. The van der Waals surface area contributed by atoms with Crippen molar-refractivity contribution < 1.29 is 19.5 Å². The monoisotopic (exact) mass is 424 g/mol. The smallest absolute Gasteiger partial charge is 0.251 e. The first kappa shape index (κ1) is 23.8. The van der Waals surface area contributed by atoms with Crippen LogP contribution < -0.4 is 15.5 Å². The maximum Gasteiger partial charge on any atom is 0.251 e. The molecule has 0 fully saturated rings. The van der Waals surface area contributed by atoms with Crippen LogP contribution in [0.1, 0.15) is 32.7 Å². The third kappa shape index (κ3) is 8.02. The number of hydrogen-bond acceptors (Lipinski definition) is 6. The molecule has 8 heteroatoms. The molecule has 2 rings (SSSR count). The summed E-state index contributed by atoms with van der Waals surface area (Å²) < 4.78 is 0. The Kier molecular flexibility index (Phi) is 9.38. The van der Waals surface area contributed by atoms with E-state index in [1.165, 1.54) is 0 Å². The summed E-state index contributed by atoms with van der Waals surface area (Å²) in [5.74, 6) is -0.718. The summed E-state index contributed by atoms with van der Waals surface area (Å²) in [6, 6.07) is 14.1. The number of hydrogen-bond donors (Lipinski definition) is 3. The molecule has 0 radical (unpaired) electrons. The molecular formula is C23H28N4O4. The third-order valence-electron chi connectivity index (χ3n) is 4.40. The molecule has 0 spiro atoms. The standard InChI is InChI=1S/C23H28N4O4/c1-27(2)20-5-3-4-17(14-20)15-24-16-21(29)18-6-8-19(9-7-18)23(31)26-11-10-22(30)25-12-13-28/h3-9,14-15,28H,10-13,16H2,1-2H3,(H,25,30)(H,26,31). The van der Waals surface area contributed by atoms with Crippen LogP contribution in [0.25, 0.3) is 0 Å². The van der Waals surface area contributed by atoms with Crippen molar-refractivity contribution in [3.8, 4) is 0 Å². The molecule has 2 aromatic rings. The SMILES string of the molecule is CN(C)c1cccc(C=NCC(=O)c2ccc(C(=O)NCCC(=O)NCCO)cc2)c1. The molecule has 2 aromatic carbocycles. The lowest BCUT2D eigenvalue weighted by molar-refractivity contribution is -0.121. The highest BCUT2D eigenvalue weighted by molar-refractivity contribution is 6.00. The van der Waals surface area contributed by atoms with E-state index in [2.05, 4.69) is 15.6 Å². The van der Waals surface area contributed by atoms with Crippen LogP contribution in [0.15, 0.2) is 53.5 Å². The summed E-state index contributed by atoms with van der Waals surface area (Å²) >= 11 is 0. The number of benzene rings is 2. The normalized spacial score (nSPS) is 10.7. The van der Waals surface area contributed by atoms with Crippen molar-refractivity contribution in [1.82, 2.24) is 10.6 Å². The molecule has 8 nitrogen and oxygen atoms in total. The van der Waals surface area contributed by atoms with Crippen molar-refractivity contribution in [3.63, 3.8) is 0 Å². The molecule has 0 aliphatic heterocycles. The number of aliphatic hydroxyl groups is 1. The number of carbonyl (C=O) groups is 3. The molecule has 0 unspecified atom stereocenters. The van der Waals surface area contributed by atoms with E-state index in [-0.39, 0.29) is 50.3 Å². The lowest BCUT2D eigenvalue weighted by Crippen LogP contribution is -2.32. The largest absolute Gasteiger partial charge is 0.395 e. The molecule has 0 aromatic heterocycles. The van der Waals surface area contributed by atoms with Gasteiger partial charge in [-0.2, -0.15) is 0 Å². The van der Waals surface area contributed by atoms with Crippen LogP contribution >= 0.6 is 0 Å². The molecule has 3 N–H and O–H groups in total. The maximum absolute atomic E-state index is 12.3. The van der Waals surface area contributed by atoms with Gasteiger partial charge in [0.25, 0.3) is 5.91 Å². The second-order valence-electron chi connectivity index (χ2n) is 7.04. The molecular weight excluding hydrogens is 396 g/mol. The highest BCUT2D eigenvalue weighted by Gasteiger charge is 2.09. The first-order valence-corrected chi connectivity index (χ1v) is 9.97. The summed E-state index contributed by atoms with van der Waals surface area (Å²) in [5, 5.41) is 13.8. The van der Waals surface area contributed by atoms with Crippen molar-refractivity contribution in [2.75, 3.05) is 45.2 Å². The maximum atomic E-state index is 12.3. The van der Waals surface area contributed by atoms with E-state index in [4.69, 9.17) is 5.11 Å². The Balaban J connectivity index is 1.83. The first-order valence-electron chi connectivity index (χ1n) is 9.97. The van der Waals surface area contributed by atoms with Gasteiger partial charge in [-0.1, -0.05) is 24.3 Å². The van der Waals surface area contributed by atoms with Crippen LogP contribution in [-0.4, -0.2) is 69.3 Å². The van der Waals surface area contributed by atoms with Crippen LogP contribution in [-0.2, 0) is 4.79 Å². The van der Waals surface area contributed by atoms with Gasteiger partial charge >= 0.3 is 0 Å². The van der Waals surface area contributed by atoms with Gasteiger partial charge < -0.3 is 20.6 Å². The zero-order valence-corrected chi connectivity index (χ0v) is 17.8. The third-order valence-corrected chi connectivity index (χ3v) is 4.40. The first-order chi connectivity index (χ1) is 14.9. The summed E-state index contributed by atoms with van der Waals surface area (Å²) in [6.07, 6.45) is 1.79. The van der Waals surface area contributed by atoms with E-state index >= 15 is 0 Å². The highest BCUT2D eigenvalue weighted by Crippen LogP contribution is 2.12. The van der Waals surface area contributed by atoms with E-state index in [1.807, 2.05) is 43.3 Å². The average molecular weight is 425 g/mol. The summed E-state index contributed by atoms with van der Waals surface area (Å²) in [6.45, 7) is 0.258. The van der Waals surface area contributed by atoms with Gasteiger partial charge in [-0.3, -0.25) is 19.4 Å². The van der Waals surface area contributed by atoms with Crippen LogP contribution in [0, 0.1) is 0 Å². The van der Waals surface area contributed by atoms with Crippen molar-refractivity contribution in [1.29, 1.82) is 0 Å². The van der Waals surface area contributed by atoms with Crippen molar-refractivity contribution in [2.45, 2.75) is 6.42 Å². The summed E-state index contributed by atoms with van der Waals surface area (Å²) in [7, 11) is 3.92. The van der Waals surface area contributed by atoms with Gasteiger partial charge in [0.05, 0.1) is 6.61 Å². The Morgan fingerprint density at radius 1 is 1.00 bits per heavy atom. The Labute approximate surface area is 182 Å². The van der Waals surface area contributed by atoms with Gasteiger partial charge in [0, 0.05) is 56.6 Å². The number of amides is 2. The van der Waals surface area contributed by atoms with Crippen LogP contribution in [0.4, 0.5) is 5.69 Å².